The number of benzene rings is 1. The topological polar surface area (TPSA) is 89.1 Å². The number of rotatable bonds is 4. The van der Waals surface area contributed by atoms with E-state index in [0.717, 1.165) is 11.1 Å². The molecule has 126 valence electrons. The average molecular weight is 336 g/mol. The van der Waals surface area contributed by atoms with Gasteiger partial charge in [0.1, 0.15) is 13.2 Å². The highest BCUT2D eigenvalue weighted by atomic mass is 16.6. The summed E-state index contributed by atoms with van der Waals surface area (Å²) in [5.74, 6) is 1.18. The van der Waals surface area contributed by atoms with Crippen molar-refractivity contribution in [1.82, 2.24) is 20.5 Å². The van der Waals surface area contributed by atoms with Gasteiger partial charge in [0.15, 0.2) is 11.5 Å². The number of aromatic nitrogens is 3. The van der Waals surface area contributed by atoms with E-state index < -0.39 is 0 Å². The third-order valence-corrected chi connectivity index (χ3v) is 3.92. The number of fused-ring (bicyclic) bond motifs is 1. The van der Waals surface area contributed by atoms with Crippen LogP contribution >= 0.6 is 0 Å². The summed E-state index contributed by atoms with van der Waals surface area (Å²) in [5, 5.41) is 9.80. The molecule has 0 spiro atoms. The van der Waals surface area contributed by atoms with Crippen LogP contribution in [-0.2, 0) is 6.54 Å². The molecule has 0 saturated carbocycles. The van der Waals surface area contributed by atoms with Gasteiger partial charge < -0.3 is 14.8 Å². The lowest BCUT2D eigenvalue weighted by Gasteiger charge is -2.18. The van der Waals surface area contributed by atoms with Crippen molar-refractivity contribution in [3.8, 4) is 22.8 Å². The molecule has 0 fully saturated rings. The first kappa shape index (κ1) is 15.2. The molecule has 0 radical (unpaired) electrons. The Morgan fingerprint density at radius 1 is 1.12 bits per heavy atom. The van der Waals surface area contributed by atoms with Gasteiger partial charge in [-0.3, -0.25) is 14.9 Å². The molecule has 2 aromatic heterocycles. The number of hydrogen-bond acceptors (Lipinski definition) is 5. The number of nitrogens with zero attached hydrogens (tertiary/aromatic N) is 2. The highest BCUT2D eigenvalue weighted by Crippen LogP contribution is 2.34. The van der Waals surface area contributed by atoms with Crippen LogP contribution in [0.3, 0.4) is 0 Å². The molecule has 0 unspecified atom stereocenters. The predicted molar refractivity (Wildman–Crippen MR) is 90.4 cm³/mol. The number of ether oxygens (including phenoxy) is 2. The molecule has 1 amide bonds. The van der Waals surface area contributed by atoms with Crippen molar-refractivity contribution in [2.24, 2.45) is 0 Å². The summed E-state index contributed by atoms with van der Waals surface area (Å²) in [6.45, 7) is 1.48. The summed E-state index contributed by atoms with van der Waals surface area (Å²) < 4.78 is 11.1. The lowest BCUT2D eigenvalue weighted by Crippen LogP contribution is -2.23. The summed E-state index contributed by atoms with van der Waals surface area (Å²) in [6.07, 6.45) is 4.91. The summed E-state index contributed by atoms with van der Waals surface area (Å²) in [5.41, 5.74) is 2.92. The molecule has 7 nitrogen and oxygen atoms in total. The number of hydrogen-bond donors (Lipinski definition) is 2. The van der Waals surface area contributed by atoms with Crippen molar-refractivity contribution in [1.29, 1.82) is 0 Å². The Hall–Kier alpha value is -3.35. The molecule has 0 bridgehead atoms. The molecule has 3 heterocycles. The lowest BCUT2D eigenvalue weighted by molar-refractivity contribution is 0.0951. The summed E-state index contributed by atoms with van der Waals surface area (Å²) in [6, 6.07) is 9.28. The molecule has 0 saturated heterocycles. The van der Waals surface area contributed by atoms with Gasteiger partial charge in [0.25, 0.3) is 5.91 Å². The Morgan fingerprint density at radius 3 is 2.76 bits per heavy atom. The van der Waals surface area contributed by atoms with Crippen LogP contribution in [0.15, 0.2) is 48.9 Å². The van der Waals surface area contributed by atoms with Gasteiger partial charge in [-0.2, -0.15) is 5.10 Å². The van der Waals surface area contributed by atoms with Crippen LogP contribution in [0.5, 0.6) is 11.5 Å². The maximum absolute atomic E-state index is 12.5. The van der Waals surface area contributed by atoms with Gasteiger partial charge in [-0.15, -0.1) is 0 Å². The number of amides is 1. The zero-order valence-electron chi connectivity index (χ0n) is 13.4. The summed E-state index contributed by atoms with van der Waals surface area (Å²) >= 11 is 0. The van der Waals surface area contributed by atoms with E-state index in [1.165, 1.54) is 6.20 Å². The second kappa shape index (κ2) is 6.64. The summed E-state index contributed by atoms with van der Waals surface area (Å²) in [7, 11) is 0. The van der Waals surface area contributed by atoms with Crippen molar-refractivity contribution in [3.05, 3.63) is 60.0 Å². The first-order valence-corrected chi connectivity index (χ1v) is 7.92. The van der Waals surface area contributed by atoms with E-state index in [1.54, 1.807) is 12.4 Å². The van der Waals surface area contributed by atoms with E-state index in [1.807, 2.05) is 30.3 Å². The molecule has 1 aliphatic rings. The predicted octanol–water partition coefficient (Wildman–Crippen LogP) is 2.17. The number of nitrogens with one attached hydrogen (secondary N) is 2. The quantitative estimate of drug-likeness (QED) is 0.762. The third-order valence-electron chi connectivity index (χ3n) is 3.92. The van der Waals surface area contributed by atoms with Crippen LogP contribution in [0, 0.1) is 0 Å². The minimum Gasteiger partial charge on any atom is -0.486 e. The average Bonchev–Trinajstić information content (AvgIpc) is 3.16. The first-order valence-electron chi connectivity index (χ1n) is 7.92. The molecule has 1 aliphatic heterocycles. The van der Waals surface area contributed by atoms with Crippen LogP contribution < -0.4 is 14.8 Å². The van der Waals surface area contributed by atoms with Gasteiger partial charge in [-0.05, 0) is 35.9 Å². The molecular weight excluding hydrogens is 320 g/mol. The van der Waals surface area contributed by atoms with Crippen LogP contribution in [0.1, 0.15) is 15.9 Å². The van der Waals surface area contributed by atoms with Crippen molar-refractivity contribution in [2.45, 2.75) is 6.54 Å². The second-order valence-corrected chi connectivity index (χ2v) is 5.56. The van der Waals surface area contributed by atoms with E-state index >= 15 is 0 Å². The largest absolute Gasteiger partial charge is 0.486 e. The monoisotopic (exact) mass is 336 g/mol. The number of carbonyl (C=O) groups excluding carboxylic acids is 1. The van der Waals surface area contributed by atoms with E-state index in [-0.39, 0.29) is 5.91 Å². The Bertz CT molecular complexity index is 892. The van der Waals surface area contributed by atoms with Gasteiger partial charge in [0.2, 0.25) is 0 Å². The number of aromatic amines is 1. The third kappa shape index (κ3) is 3.16. The second-order valence-electron chi connectivity index (χ2n) is 5.56. The molecule has 1 aromatic carbocycles. The molecule has 0 aliphatic carbocycles. The Morgan fingerprint density at radius 2 is 1.92 bits per heavy atom. The molecular formula is C18H16N4O3. The number of pyridine rings is 1. The van der Waals surface area contributed by atoms with Gasteiger partial charge in [0, 0.05) is 24.5 Å². The molecule has 3 aromatic rings. The van der Waals surface area contributed by atoms with E-state index in [4.69, 9.17) is 9.47 Å². The van der Waals surface area contributed by atoms with Crippen LogP contribution in [0.2, 0.25) is 0 Å². The van der Waals surface area contributed by atoms with Crippen LogP contribution in [0.25, 0.3) is 11.3 Å². The van der Waals surface area contributed by atoms with Crippen LogP contribution in [-0.4, -0.2) is 34.3 Å². The normalized spacial score (nSPS) is 12.6. The minimum absolute atomic E-state index is 0.199. The van der Waals surface area contributed by atoms with Crippen molar-refractivity contribution < 1.29 is 14.3 Å². The highest BCUT2D eigenvalue weighted by Gasteiger charge is 2.18. The molecule has 4 rings (SSSR count). The Balaban J connectivity index is 1.55. The van der Waals surface area contributed by atoms with E-state index in [2.05, 4.69) is 20.5 Å². The molecule has 0 atom stereocenters. The van der Waals surface area contributed by atoms with Gasteiger partial charge >= 0.3 is 0 Å². The van der Waals surface area contributed by atoms with E-state index in [9.17, 15) is 4.79 Å². The maximum atomic E-state index is 12.5. The lowest BCUT2D eigenvalue weighted by atomic mass is 10.1. The van der Waals surface area contributed by atoms with Gasteiger partial charge in [-0.1, -0.05) is 0 Å². The fraction of sp³-hybridized carbons (Fsp3) is 0.167. The first-order chi connectivity index (χ1) is 12.3. The number of H-pyrrole nitrogens is 1. The molecule has 7 heteroatoms. The van der Waals surface area contributed by atoms with Gasteiger partial charge in [0.05, 0.1) is 17.5 Å². The smallest absolute Gasteiger partial charge is 0.255 e. The van der Waals surface area contributed by atoms with Crippen molar-refractivity contribution in [3.63, 3.8) is 0 Å². The highest BCUT2D eigenvalue weighted by molar-refractivity contribution is 5.99. The van der Waals surface area contributed by atoms with E-state index in [0.29, 0.717) is 42.5 Å². The maximum Gasteiger partial charge on any atom is 0.255 e. The Kier molecular flexibility index (Phi) is 4.04. The number of carbonyl (C=O) groups is 1. The van der Waals surface area contributed by atoms with Gasteiger partial charge in [-0.25, -0.2) is 0 Å². The van der Waals surface area contributed by atoms with Crippen LogP contribution in [0.4, 0.5) is 0 Å². The molecule has 25 heavy (non-hydrogen) atoms. The van der Waals surface area contributed by atoms with Crippen molar-refractivity contribution >= 4 is 5.91 Å². The minimum atomic E-state index is -0.199. The SMILES string of the molecule is O=C(NCc1ccncc1)c1cn[nH]c1-c1ccc2c(c1)OCCO2. The fourth-order valence-electron chi connectivity index (χ4n) is 2.66. The molecule has 2 N–H and O–H groups in total. The summed E-state index contributed by atoms with van der Waals surface area (Å²) in [4.78, 5) is 16.5. The Labute approximate surface area is 144 Å². The van der Waals surface area contributed by atoms with Crippen molar-refractivity contribution in [2.75, 3.05) is 13.2 Å². The standard InChI is InChI=1S/C18H16N4O3/c23-18(20-10-12-3-5-19-6-4-12)14-11-21-22-17(14)13-1-2-15-16(9-13)25-8-7-24-15/h1-6,9,11H,7-8,10H2,(H,20,23)(H,21,22). The zero-order chi connectivity index (χ0) is 17.1. The fourth-order valence-corrected chi connectivity index (χ4v) is 2.66. The zero-order valence-corrected chi connectivity index (χ0v) is 13.4.